The number of carboxylic acids is 1. The molecule has 3 nitrogen and oxygen atoms in total. The first-order chi connectivity index (χ1) is 8.96. The largest absolute Gasteiger partial charge is 1.00 e. The van der Waals surface area contributed by atoms with Crippen molar-refractivity contribution in [1.82, 2.24) is 0 Å². The summed E-state index contributed by atoms with van der Waals surface area (Å²) in [5.74, 6) is -1.65. The predicted molar refractivity (Wildman–Crippen MR) is 70.9 cm³/mol. The van der Waals surface area contributed by atoms with E-state index in [9.17, 15) is 15.0 Å². The summed E-state index contributed by atoms with van der Waals surface area (Å²) in [6, 6.07) is 12.1. The van der Waals surface area contributed by atoms with Gasteiger partial charge < -0.3 is 15.0 Å². The molecule has 0 radical (unpaired) electrons. The summed E-state index contributed by atoms with van der Waals surface area (Å²) in [5, 5.41) is 22.3. The van der Waals surface area contributed by atoms with Gasteiger partial charge in [-0.2, -0.15) is 0 Å². The van der Waals surface area contributed by atoms with E-state index in [0.717, 1.165) is 0 Å². The molecule has 98 valence electrons. The van der Waals surface area contributed by atoms with Gasteiger partial charge in [0.25, 0.3) is 0 Å². The summed E-state index contributed by atoms with van der Waals surface area (Å²) in [7, 11) is 0. The molecule has 0 saturated carbocycles. The van der Waals surface area contributed by atoms with Crippen molar-refractivity contribution in [2.24, 2.45) is 0 Å². The van der Waals surface area contributed by atoms with Crippen LogP contribution in [0, 0.1) is 0 Å². The summed E-state index contributed by atoms with van der Waals surface area (Å²) in [5.41, 5.74) is -2.13. The van der Waals surface area contributed by atoms with Crippen molar-refractivity contribution in [1.29, 1.82) is 0 Å². The van der Waals surface area contributed by atoms with Crippen LogP contribution in [0.5, 0.6) is 0 Å². The minimum absolute atomic E-state index is 0. The quantitative estimate of drug-likeness (QED) is 0.739. The number of rotatable bonds is 3. The molecule has 0 fully saturated rings. The second-order valence-electron chi connectivity index (χ2n) is 3.99. The average Bonchev–Trinajstić information content (AvgIpc) is 2.38. The van der Waals surface area contributed by atoms with Crippen molar-refractivity contribution < 1.29 is 33.9 Å². The zero-order valence-electron chi connectivity index (χ0n) is 10.6. The maximum Gasteiger partial charge on any atom is 1.00 e. The molecule has 0 spiro atoms. The van der Waals surface area contributed by atoms with Gasteiger partial charge in [0.15, 0.2) is 5.60 Å². The summed E-state index contributed by atoms with van der Waals surface area (Å²) < 4.78 is 0. The van der Waals surface area contributed by atoms with Crippen molar-refractivity contribution in [3.63, 3.8) is 0 Å². The molecule has 2 aromatic carbocycles. The summed E-state index contributed by atoms with van der Waals surface area (Å²) in [6.07, 6.45) is 0. The fourth-order valence-corrected chi connectivity index (χ4v) is 2.39. The first kappa shape index (κ1) is 17.1. The third-order valence-corrected chi connectivity index (χ3v) is 3.36. The second-order valence-corrected chi connectivity index (χ2v) is 4.83. The summed E-state index contributed by atoms with van der Waals surface area (Å²) >= 11 is 11.7. The SMILES string of the molecule is O=C([O-])C(O)(c1ccccc1)c1ccc(Cl)cc1Cl.[Li+]. The van der Waals surface area contributed by atoms with Gasteiger partial charge in [-0.3, -0.25) is 0 Å². The fourth-order valence-electron chi connectivity index (χ4n) is 1.85. The van der Waals surface area contributed by atoms with E-state index in [1.54, 1.807) is 18.2 Å². The molecule has 0 amide bonds. The molecule has 2 aromatic rings. The monoisotopic (exact) mass is 302 g/mol. The number of halogens is 2. The molecule has 0 aliphatic carbocycles. The third-order valence-electron chi connectivity index (χ3n) is 2.81. The van der Waals surface area contributed by atoms with Gasteiger partial charge in [-0.15, -0.1) is 0 Å². The molecule has 1 N–H and O–H groups in total. The summed E-state index contributed by atoms with van der Waals surface area (Å²) in [6.45, 7) is 0. The zero-order chi connectivity index (χ0) is 14.0. The Bertz CT molecular complexity index is 619. The van der Waals surface area contributed by atoms with Gasteiger partial charge in [-0.05, 0) is 17.7 Å². The molecule has 0 heterocycles. The number of carboxylic acid groups (broad SMARTS) is 1. The number of carbonyl (C=O) groups is 1. The van der Waals surface area contributed by atoms with Gasteiger partial charge in [0.05, 0.1) is 5.97 Å². The Balaban J connectivity index is 0.00000200. The zero-order valence-corrected chi connectivity index (χ0v) is 12.2. The van der Waals surface area contributed by atoms with Gasteiger partial charge >= 0.3 is 18.9 Å². The number of aliphatic carboxylic acids is 1. The van der Waals surface area contributed by atoms with E-state index in [1.165, 1.54) is 30.3 Å². The normalized spacial score (nSPS) is 13.2. The first-order valence-corrected chi connectivity index (χ1v) is 6.16. The van der Waals surface area contributed by atoms with Crippen LogP contribution in [0.25, 0.3) is 0 Å². The fraction of sp³-hybridized carbons (Fsp3) is 0.0714. The molecule has 0 saturated heterocycles. The maximum absolute atomic E-state index is 11.4. The van der Waals surface area contributed by atoms with Gasteiger partial charge in [-0.1, -0.05) is 59.6 Å². The van der Waals surface area contributed by atoms with Gasteiger partial charge in [0, 0.05) is 15.6 Å². The van der Waals surface area contributed by atoms with Crippen molar-refractivity contribution >= 4 is 29.2 Å². The predicted octanol–water partition coefficient (Wildman–Crippen LogP) is -1.02. The van der Waals surface area contributed by atoms with Crippen LogP contribution in [0.4, 0.5) is 0 Å². The molecule has 2 rings (SSSR count). The van der Waals surface area contributed by atoms with E-state index in [0.29, 0.717) is 5.02 Å². The average molecular weight is 303 g/mol. The molecule has 0 bridgehead atoms. The first-order valence-electron chi connectivity index (χ1n) is 5.41. The molecule has 6 heteroatoms. The number of carbonyl (C=O) groups excluding carboxylic acids is 1. The number of benzene rings is 2. The molecule has 20 heavy (non-hydrogen) atoms. The van der Waals surface area contributed by atoms with Crippen LogP contribution < -0.4 is 24.0 Å². The Kier molecular flexibility index (Phi) is 5.70. The maximum atomic E-state index is 11.4. The Morgan fingerprint density at radius 3 is 2.20 bits per heavy atom. The molecule has 1 atom stereocenters. The smallest absolute Gasteiger partial charge is 0.546 e. The third kappa shape index (κ3) is 3.03. The van der Waals surface area contributed by atoms with Crippen LogP contribution in [0.1, 0.15) is 11.1 Å². The van der Waals surface area contributed by atoms with Crippen LogP contribution in [-0.2, 0) is 10.4 Å². The van der Waals surface area contributed by atoms with Crippen molar-refractivity contribution in [2.75, 3.05) is 0 Å². The van der Waals surface area contributed by atoms with E-state index in [1.807, 2.05) is 0 Å². The van der Waals surface area contributed by atoms with Crippen LogP contribution >= 0.6 is 23.2 Å². The van der Waals surface area contributed by atoms with Gasteiger partial charge in [0.1, 0.15) is 0 Å². The van der Waals surface area contributed by atoms with E-state index in [4.69, 9.17) is 23.2 Å². The van der Waals surface area contributed by atoms with E-state index in [2.05, 4.69) is 0 Å². The topological polar surface area (TPSA) is 60.4 Å². The Morgan fingerprint density at radius 1 is 1.10 bits per heavy atom. The number of aliphatic hydroxyl groups is 1. The van der Waals surface area contributed by atoms with Gasteiger partial charge in [0.2, 0.25) is 0 Å². The minimum Gasteiger partial charge on any atom is -0.546 e. The number of hydrogen-bond donors (Lipinski definition) is 1. The van der Waals surface area contributed by atoms with Crippen molar-refractivity contribution in [3.8, 4) is 0 Å². The van der Waals surface area contributed by atoms with E-state index >= 15 is 0 Å². The second kappa shape index (κ2) is 6.67. The Labute approximate surface area is 138 Å². The molecule has 0 aliphatic rings. The molecule has 0 aliphatic heterocycles. The molecular formula is C14H9Cl2LiO3. The van der Waals surface area contributed by atoms with Crippen LogP contribution in [0.2, 0.25) is 10.0 Å². The van der Waals surface area contributed by atoms with Crippen molar-refractivity contribution in [3.05, 3.63) is 69.7 Å². The Hall–Kier alpha value is -0.953. The Morgan fingerprint density at radius 2 is 1.70 bits per heavy atom. The van der Waals surface area contributed by atoms with E-state index in [-0.39, 0.29) is 35.0 Å². The van der Waals surface area contributed by atoms with Gasteiger partial charge in [-0.25, -0.2) is 0 Å². The van der Waals surface area contributed by atoms with Crippen LogP contribution in [0.15, 0.2) is 48.5 Å². The minimum atomic E-state index is -2.32. The van der Waals surface area contributed by atoms with Crippen molar-refractivity contribution in [2.45, 2.75) is 5.60 Å². The van der Waals surface area contributed by atoms with Crippen LogP contribution in [0.3, 0.4) is 0 Å². The van der Waals surface area contributed by atoms with E-state index < -0.39 is 11.6 Å². The molecule has 1 unspecified atom stereocenters. The standard InChI is InChI=1S/C14H10Cl2O3.Li/c15-10-6-7-11(12(16)8-10)14(19,13(17)18)9-4-2-1-3-5-9;/h1-8,19H,(H,17,18);/q;+1/p-1. The van der Waals surface area contributed by atoms with Crippen LogP contribution in [-0.4, -0.2) is 11.1 Å². The molecule has 0 aromatic heterocycles. The number of hydrogen-bond acceptors (Lipinski definition) is 3. The molecular weight excluding hydrogens is 294 g/mol. The summed E-state index contributed by atoms with van der Waals surface area (Å²) in [4.78, 5) is 11.4.